The number of methoxy groups -OCH3 is 1. The van der Waals surface area contributed by atoms with Gasteiger partial charge in [-0.05, 0) is 23.6 Å². The number of aromatic nitrogens is 3. The van der Waals surface area contributed by atoms with Gasteiger partial charge in [0, 0.05) is 18.5 Å². The molecule has 0 aliphatic rings. The molecule has 0 saturated carbocycles. The molecule has 0 N–H and O–H groups in total. The van der Waals surface area contributed by atoms with Crippen molar-refractivity contribution in [2.24, 2.45) is 7.05 Å². The second-order valence-corrected chi connectivity index (χ2v) is 7.97. The van der Waals surface area contributed by atoms with Crippen molar-refractivity contribution >= 4 is 29.0 Å². The standard InChI is InChI=1S/C20H22N4O2S2/c1-4-11-24(13-15-8-7-12-27-15)18(25)14-28-20-22-21-19(23(20)2)16-9-5-6-10-17(16)26-3/h4-10,12H,1,11,13-14H2,2-3H3. The van der Waals surface area contributed by atoms with Crippen molar-refractivity contribution < 1.29 is 9.53 Å². The molecule has 1 aromatic carbocycles. The number of ether oxygens (including phenoxy) is 1. The Morgan fingerprint density at radius 2 is 2.14 bits per heavy atom. The van der Waals surface area contributed by atoms with Gasteiger partial charge in [-0.2, -0.15) is 0 Å². The first kappa shape index (κ1) is 20.2. The topological polar surface area (TPSA) is 60.3 Å². The summed E-state index contributed by atoms with van der Waals surface area (Å²) in [6, 6.07) is 11.7. The van der Waals surface area contributed by atoms with Gasteiger partial charge < -0.3 is 14.2 Å². The number of carbonyl (C=O) groups is 1. The average Bonchev–Trinajstić information content (AvgIpc) is 3.35. The van der Waals surface area contributed by atoms with Gasteiger partial charge in [0.2, 0.25) is 5.91 Å². The number of carbonyl (C=O) groups excluding carboxylic acids is 1. The summed E-state index contributed by atoms with van der Waals surface area (Å²) in [5.41, 5.74) is 0.865. The van der Waals surface area contributed by atoms with Gasteiger partial charge in [0.05, 0.1) is 25.0 Å². The number of nitrogens with zero attached hydrogens (tertiary/aromatic N) is 4. The lowest BCUT2D eigenvalue weighted by Crippen LogP contribution is -2.31. The number of thioether (sulfide) groups is 1. The third kappa shape index (κ3) is 4.63. The van der Waals surface area contributed by atoms with E-state index in [0.29, 0.717) is 24.1 Å². The Hall–Kier alpha value is -2.58. The monoisotopic (exact) mass is 414 g/mol. The van der Waals surface area contributed by atoms with Crippen molar-refractivity contribution in [3.8, 4) is 17.1 Å². The van der Waals surface area contributed by atoms with Crippen LogP contribution in [-0.4, -0.2) is 45.0 Å². The van der Waals surface area contributed by atoms with E-state index in [0.717, 1.165) is 16.2 Å². The molecule has 0 saturated heterocycles. The van der Waals surface area contributed by atoms with Crippen LogP contribution in [0.1, 0.15) is 4.88 Å². The van der Waals surface area contributed by atoms with Crippen LogP contribution in [0.3, 0.4) is 0 Å². The van der Waals surface area contributed by atoms with Gasteiger partial charge in [-0.3, -0.25) is 4.79 Å². The Labute approximate surface area is 172 Å². The van der Waals surface area contributed by atoms with Crippen molar-refractivity contribution in [2.75, 3.05) is 19.4 Å². The zero-order chi connectivity index (χ0) is 19.9. The molecule has 0 aliphatic heterocycles. The summed E-state index contributed by atoms with van der Waals surface area (Å²) < 4.78 is 7.30. The molecule has 2 heterocycles. The van der Waals surface area contributed by atoms with Crippen molar-refractivity contribution in [2.45, 2.75) is 11.7 Å². The molecule has 1 amide bonds. The van der Waals surface area contributed by atoms with E-state index >= 15 is 0 Å². The lowest BCUT2D eigenvalue weighted by Gasteiger charge is -2.20. The van der Waals surface area contributed by atoms with Gasteiger partial charge in [-0.1, -0.05) is 36.0 Å². The second kappa shape index (κ2) is 9.57. The first-order valence-corrected chi connectivity index (χ1v) is 10.6. The molecule has 146 valence electrons. The van der Waals surface area contributed by atoms with Crippen molar-refractivity contribution in [3.63, 3.8) is 0 Å². The van der Waals surface area contributed by atoms with Gasteiger partial charge in [-0.15, -0.1) is 28.1 Å². The largest absolute Gasteiger partial charge is 0.496 e. The highest BCUT2D eigenvalue weighted by Crippen LogP contribution is 2.30. The minimum Gasteiger partial charge on any atom is -0.496 e. The number of para-hydroxylation sites is 1. The second-order valence-electron chi connectivity index (χ2n) is 6.00. The summed E-state index contributed by atoms with van der Waals surface area (Å²) in [7, 11) is 3.52. The van der Waals surface area contributed by atoms with Crippen LogP contribution in [0, 0.1) is 0 Å². The Balaban J connectivity index is 1.69. The normalized spacial score (nSPS) is 10.6. The van der Waals surface area contributed by atoms with E-state index in [9.17, 15) is 4.79 Å². The zero-order valence-electron chi connectivity index (χ0n) is 15.9. The molecule has 0 bridgehead atoms. The van der Waals surface area contributed by atoms with Crippen LogP contribution in [0.25, 0.3) is 11.4 Å². The van der Waals surface area contributed by atoms with Crippen LogP contribution >= 0.6 is 23.1 Å². The smallest absolute Gasteiger partial charge is 0.233 e. The molecule has 0 aliphatic carbocycles. The summed E-state index contributed by atoms with van der Waals surface area (Å²) >= 11 is 3.02. The van der Waals surface area contributed by atoms with Crippen LogP contribution in [0.15, 0.2) is 59.6 Å². The molecule has 0 unspecified atom stereocenters. The molecular formula is C20H22N4O2S2. The zero-order valence-corrected chi connectivity index (χ0v) is 17.5. The highest BCUT2D eigenvalue weighted by Gasteiger charge is 2.18. The fourth-order valence-electron chi connectivity index (χ4n) is 2.72. The van der Waals surface area contributed by atoms with E-state index in [1.165, 1.54) is 11.8 Å². The number of thiophene rings is 1. The van der Waals surface area contributed by atoms with E-state index in [-0.39, 0.29) is 11.7 Å². The summed E-state index contributed by atoms with van der Waals surface area (Å²) in [5, 5.41) is 11.2. The number of rotatable bonds is 9. The molecule has 6 nitrogen and oxygen atoms in total. The van der Waals surface area contributed by atoms with Gasteiger partial charge in [0.1, 0.15) is 5.75 Å². The molecule has 0 radical (unpaired) electrons. The molecular weight excluding hydrogens is 392 g/mol. The molecule has 0 spiro atoms. The minimum atomic E-state index is 0.0418. The molecule has 0 atom stereocenters. The van der Waals surface area contributed by atoms with Crippen LogP contribution in [-0.2, 0) is 18.4 Å². The molecule has 8 heteroatoms. The third-order valence-electron chi connectivity index (χ3n) is 4.14. The minimum absolute atomic E-state index is 0.0418. The maximum Gasteiger partial charge on any atom is 0.233 e. The summed E-state index contributed by atoms with van der Waals surface area (Å²) in [6.45, 7) is 4.87. The molecule has 3 rings (SSSR count). The van der Waals surface area contributed by atoms with E-state index in [2.05, 4.69) is 16.8 Å². The number of hydrogen-bond donors (Lipinski definition) is 0. The Morgan fingerprint density at radius 3 is 2.86 bits per heavy atom. The van der Waals surface area contributed by atoms with Crippen LogP contribution in [0.4, 0.5) is 0 Å². The maximum atomic E-state index is 12.7. The average molecular weight is 415 g/mol. The van der Waals surface area contributed by atoms with Crippen molar-refractivity contribution in [3.05, 3.63) is 59.3 Å². The summed E-state index contributed by atoms with van der Waals surface area (Å²) in [4.78, 5) is 15.7. The Bertz CT molecular complexity index is 938. The van der Waals surface area contributed by atoms with E-state index < -0.39 is 0 Å². The Kier molecular flexibility index (Phi) is 6.89. The number of benzene rings is 1. The molecule has 0 fully saturated rings. The molecule has 3 aromatic rings. The van der Waals surface area contributed by atoms with Gasteiger partial charge >= 0.3 is 0 Å². The number of hydrogen-bond acceptors (Lipinski definition) is 6. The van der Waals surface area contributed by atoms with E-state index in [4.69, 9.17) is 4.74 Å². The van der Waals surface area contributed by atoms with Crippen LogP contribution in [0.5, 0.6) is 5.75 Å². The maximum absolute atomic E-state index is 12.7. The highest BCUT2D eigenvalue weighted by atomic mass is 32.2. The van der Waals surface area contributed by atoms with Gasteiger partial charge in [0.15, 0.2) is 11.0 Å². The predicted molar refractivity (Wildman–Crippen MR) is 114 cm³/mol. The summed E-state index contributed by atoms with van der Waals surface area (Å²) in [6.07, 6.45) is 1.75. The van der Waals surface area contributed by atoms with Gasteiger partial charge in [-0.25, -0.2) is 0 Å². The first-order valence-electron chi connectivity index (χ1n) is 8.70. The molecule has 28 heavy (non-hydrogen) atoms. The Morgan fingerprint density at radius 1 is 1.32 bits per heavy atom. The third-order valence-corrected chi connectivity index (χ3v) is 6.00. The SMILES string of the molecule is C=CCN(Cc1cccs1)C(=O)CSc1nnc(-c2ccccc2OC)n1C. The highest BCUT2D eigenvalue weighted by molar-refractivity contribution is 7.99. The van der Waals surface area contributed by atoms with Crippen molar-refractivity contribution in [1.82, 2.24) is 19.7 Å². The van der Waals surface area contributed by atoms with E-state index in [1.807, 2.05) is 53.4 Å². The van der Waals surface area contributed by atoms with Crippen LogP contribution < -0.4 is 4.74 Å². The quantitative estimate of drug-likeness (QED) is 0.393. The molecule has 2 aromatic heterocycles. The predicted octanol–water partition coefficient (Wildman–Crippen LogP) is 3.86. The fourth-order valence-corrected chi connectivity index (χ4v) is 4.26. The first-order chi connectivity index (χ1) is 13.6. The lowest BCUT2D eigenvalue weighted by atomic mass is 10.2. The summed E-state index contributed by atoms with van der Waals surface area (Å²) in [5.74, 6) is 1.77. The number of amides is 1. The van der Waals surface area contributed by atoms with E-state index in [1.54, 1.807) is 29.4 Å². The lowest BCUT2D eigenvalue weighted by molar-refractivity contribution is -0.128. The van der Waals surface area contributed by atoms with Crippen molar-refractivity contribution in [1.29, 1.82) is 0 Å². The van der Waals surface area contributed by atoms with Gasteiger partial charge in [0.25, 0.3) is 0 Å². The fraction of sp³-hybridized carbons (Fsp3) is 0.250. The van der Waals surface area contributed by atoms with Crippen LogP contribution in [0.2, 0.25) is 0 Å².